The number of aliphatic hydroxyl groups excluding tert-OH is 4. The van der Waals surface area contributed by atoms with Crippen molar-refractivity contribution in [2.75, 3.05) is 19.8 Å². The number of rotatable bonds is 6. The molecular formula is C25H28ClNO7S. The average molecular weight is 522 g/mol. The normalized spacial score (nSPS) is 27.9. The second-order valence-electron chi connectivity index (χ2n) is 8.76. The minimum atomic E-state index is -1.47. The Morgan fingerprint density at radius 3 is 2.46 bits per heavy atom. The molecule has 3 aromatic rings. The Morgan fingerprint density at radius 1 is 1.00 bits per heavy atom. The Hall–Kier alpha value is -1.82. The summed E-state index contributed by atoms with van der Waals surface area (Å²) in [4.78, 5) is 1.80. The van der Waals surface area contributed by atoms with E-state index < -0.39 is 37.3 Å². The number of halogens is 1. The van der Waals surface area contributed by atoms with Gasteiger partial charge in [0, 0.05) is 34.2 Å². The topological polar surface area (TPSA) is 114 Å². The minimum Gasteiger partial charge on any atom is -0.490 e. The van der Waals surface area contributed by atoms with Crippen molar-refractivity contribution in [2.45, 2.75) is 59.4 Å². The Bertz CT molecular complexity index is 1150. The molecule has 2 aromatic carbocycles. The number of benzene rings is 2. The molecule has 1 aromatic heterocycles. The van der Waals surface area contributed by atoms with Gasteiger partial charge in [-0.15, -0.1) is 0 Å². The highest BCUT2D eigenvalue weighted by Crippen LogP contribution is 2.42. The van der Waals surface area contributed by atoms with Crippen LogP contribution in [-0.2, 0) is 9.47 Å². The molecule has 2 aliphatic rings. The maximum absolute atomic E-state index is 10.7. The van der Waals surface area contributed by atoms with Crippen LogP contribution in [0.5, 0.6) is 5.75 Å². The lowest BCUT2D eigenvalue weighted by atomic mass is 9.98. The van der Waals surface area contributed by atoms with Gasteiger partial charge >= 0.3 is 0 Å². The van der Waals surface area contributed by atoms with Gasteiger partial charge in [0.1, 0.15) is 36.3 Å². The predicted octanol–water partition coefficient (Wildman–Crippen LogP) is 2.98. The first kappa shape index (κ1) is 24.9. The Labute approximate surface area is 212 Å². The van der Waals surface area contributed by atoms with Gasteiger partial charge in [0.15, 0.2) is 6.23 Å². The highest BCUT2D eigenvalue weighted by molar-refractivity contribution is 7.99. The van der Waals surface area contributed by atoms with Crippen molar-refractivity contribution >= 4 is 34.3 Å². The average Bonchev–Trinajstić information content (AvgIpc) is 3.24. The summed E-state index contributed by atoms with van der Waals surface area (Å²) in [6.45, 7) is 0.945. The Balaban J connectivity index is 1.42. The van der Waals surface area contributed by atoms with Gasteiger partial charge in [-0.1, -0.05) is 29.4 Å². The van der Waals surface area contributed by atoms with Crippen LogP contribution in [0, 0.1) is 0 Å². The van der Waals surface area contributed by atoms with E-state index in [0.29, 0.717) is 10.5 Å². The molecule has 35 heavy (non-hydrogen) atoms. The van der Waals surface area contributed by atoms with E-state index in [1.165, 1.54) is 11.8 Å². The molecule has 2 aliphatic heterocycles. The number of aliphatic hydroxyl groups is 4. The lowest BCUT2D eigenvalue weighted by Crippen LogP contribution is -2.56. The number of aromatic nitrogens is 1. The first-order valence-electron chi connectivity index (χ1n) is 11.6. The molecule has 188 valence electrons. The molecule has 2 fully saturated rings. The van der Waals surface area contributed by atoms with Crippen LogP contribution in [0.4, 0.5) is 0 Å². The smallest absolute Gasteiger partial charge is 0.163 e. The van der Waals surface area contributed by atoms with Gasteiger partial charge < -0.3 is 39.2 Å². The quantitative estimate of drug-likeness (QED) is 0.391. The van der Waals surface area contributed by atoms with Gasteiger partial charge in [-0.05, 0) is 36.4 Å². The predicted molar refractivity (Wildman–Crippen MR) is 131 cm³/mol. The van der Waals surface area contributed by atoms with Crippen LogP contribution in [0.15, 0.2) is 58.5 Å². The van der Waals surface area contributed by atoms with E-state index in [1.807, 2.05) is 30.3 Å². The first-order valence-corrected chi connectivity index (χ1v) is 12.8. The SMILES string of the molecule is OC[C@H]1O[C@@H](n2cc(Sc3ccc(OC4CCOCC4)cc3)c3c(Cl)cccc32)[C@H](O)[C@@H](O)[C@@H]1O. The second-order valence-corrected chi connectivity index (χ2v) is 10.3. The summed E-state index contributed by atoms with van der Waals surface area (Å²) in [5.41, 5.74) is 0.698. The minimum absolute atomic E-state index is 0.164. The van der Waals surface area contributed by atoms with Gasteiger partial charge in [0.05, 0.1) is 30.4 Å². The van der Waals surface area contributed by atoms with Crippen molar-refractivity contribution in [3.63, 3.8) is 0 Å². The largest absolute Gasteiger partial charge is 0.490 e. The third-order valence-electron chi connectivity index (χ3n) is 6.44. The molecule has 10 heteroatoms. The summed E-state index contributed by atoms with van der Waals surface area (Å²) in [6.07, 6.45) is -2.58. The second kappa shape index (κ2) is 10.7. The van der Waals surface area contributed by atoms with Crippen molar-refractivity contribution in [3.05, 3.63) is 53.7 Å². The highest BCUT2D eigenvalue weighted by Gasteiger charge is 2.44. The molecule has 0 unspecified atom stereocenters. The van der Waals surface area contributed by atoms with Gasteiger partial charge in [-0.3, -0.25) is 0 Å². The molecule has 0 spiro atoms. The number of hydrogen-bond acceptors (Lipinski definition) is 8. The summed E-state index contributed by atoms with van der Waals surface area (Å²) in [5.74, 6) is 0.808. The van der Waals surface area contributed by atoms with E-state index in [0.717, 1.165) is 47.0 Å². The fourth-order valence-corrected chi connectivity index (χ4v) is 5.87. The first-order chi connectivity index (χ1) is 17.0. The molecule has 0 amide bonds. The maximum Gasteiger partial charge on any atom is 0.163 e. The maximum atomic E-state index is 10.7. The van der Waals surface area contributed by atoms with E-state index in [9.17, 15) is 20.4 Å². The van der Waals surface area contributed by atoms with Crippen molar-refractivity contribution in [1.29, 1.82) is 0 Å². The van der Waals surface area contributed by atoms with E-state index in [-0.39, 0.29) is 6.10 Å². The molecule has 0 aliphatic carbocycles. The highest BCUT2D eigenvalue weighted by atomic mass is 35.5. The third-order valence-corrected chi connectivity index (χ3v) is 7.79. The van der Waals surface area contributed by atoms with E-state index in [1.54, 1.807) is 22.9 Å². The van der Waals surface area contributed by atoms with Crippen molar-refractivity contribution in [1.82, 2.24) is 4.57 Å². The zero-order chi connectivity index (χ0) is 24.5. The van der Waals surface area contributed by atoms with Gasteiger partial charge in [0.2, 0.25) is 0 Å². The van der Waals surface area contributed by atoms with Crippen molar-refractivity contribution in [2.24, 2.45) is 0 Å². The fourth-order valence-electron chi connectivity index (χ4n) is 4.53. The molecule has 5 rings (SSSR count). The molecule has 0 radical (unpaired) electrons. The summed E-state index contributed by atoms with van der Waals surface area (Å²) < 4.78 is 18.9. The molecule has 2 saturated heterocycles. The van der Waals surface area contributed by atoms with Crippen LogP contribution in [0.2, 0.25) is 5.02 Å². The number of ether oxygens (including phenoxy) is 3. The molecule has 0 saturated carbocycles. The van der Waals surface area contributed by atoms with Crippen molar-refractivity contribution in [3.8, 4) is 5.75 Å². The molecule has 3 heterocycles. The van der Waals surface area contributed by atoms with Crippen molar-refractivity contribution < 1.29 is 34.6 Å². The molecular weight excluding hydrogens is 494 g/mol. The zero-order valence-electron chi connectivity index (χ0n) is 18.9. The Kier molecular flexibility index (Phi) is 7.57. The van der Waals surface area contributed by atoms with Gasteiger partial charge in [-0.2, -0.15) is 0 Å². The van der Waals surface area contributed by atoms with Gasteiger partial charge in [-0.25, -0.2) is 0 Å². The monoisotopic (exact) mass is 521 g/mol. The summed E-state index contributed by atoms with van der Waals surface area (Å²) in [7, 11) is 0. The van der Waals surface area contributed by atoms with E-state index in [2.05, 4.69) is 0 Å². The fraction of sp³-hybridized carbons (Fsp3) is 0.440. The summed E-state index contributed by atoms with van der Waals surface area (Å²) in [5, 5.41) is 42.0. The van der Waals surface area contributed by atoms with Crippen LogP contribution in [-0.4, -0.2) is 75.3 Å². The number of hydrogen-bond donors (Lipinski definition) is 4. The zero-order valence-corrected chi connectivity index (χ0v) is 20.4. The molecule has 5 atom stereocenters. The van der Waals surface area contributed by atoms with E-state index >= 15 is 0 Å². The molecule has 4 N–H and O–H groups in total. The lowest BCUT2D eigenvalue weighted by Gasteiger charge is -2.40. The molecule has 8 nitrogen and oxygen atoms in total. The standard InChI is InChI=1S/C25H28ClNO7S/c26-17-2-1-3-18-21(17)20(12-27(18)25-24(31)23(30)22(29)19(13-28)34-25)35-16-6-4-14(5-7-16)33-15-8-10-32-11-9-15/h1-7,12,15,19,22-25,28-31H,8-11,13H2/t19-,22-,23+,24-,25-/m1/s1. The number of nitrogens with zero attached hydrogens (tertiary/aromatic N) is 1. The molecule has 0 bridgehead atoms. The van der Waals surface area contributed by atoms with Crippen LogP contribution >= 0.6 is 23.4 Å². The van der Waals surface area contributed by atoms with E-state index in [4.69, 9.17) is 25.8 Å². The van der Waals surface area contributed by atoms with Crippen LogP contribution in [0.3, 0.4) is 0 Å². The van der Waals surface area contributed by atoms with Gasteiger partial charge in [0.25, 0.3) is 0 Å². The van der Waals surface area contributed by atoms with Crippen LogP contribution in [0.1, 0.15) is 19.1 Å². The third kappa shape index (κ3) is 5.05. The summed E-state index contributed by atoms with van der Waals surface area (Å²) >= 11 is 8.07. The van der Waals surface area contributed by atoms with Crippen LogP contribution in [0.25, 0.3) is 10.9 Å². The van der Waals surface area contributed by atoms with Crippen LogP contribution < -0.4 is 4.74 Å². The number of fused-ring (bicyclic) bond motifs is 1. The lowest BCUT2D eigenvalue weighted by molar-refractivity contribution is -0.250. The summed E-state index contributed by atoms with van der Waals surface area (Å²) in [6, 6.07) is 13.3. The Morgan fingerprint density at radius 2 is 1.74 bits per heavy atom.